The number of rotatable bonds is 0. The van der Waals surface area contributed by atoms with Crippen molar-refractivity contribution in [3.8, 4) is 0 Å². The van der Waals surface area contributed by atoms with Crippen molar-refractivity contribution in [1.29, 1.82) is 0 Å². The van der Waals surface area contributed by atoms with Crippen LogP contribution in [0.2, 0.25) is 0 Å². The van der Waals surface area contributed by atoms with Gasteiger partial charge in [-0.25, -0.2) is 0 Å². The summed E-state index contributed by atoms with van der Waals surface area (Å²) in [6.07, 6.45) is 0. The van der Waals surface area contributed by atoms with Crippen molar-refractivity contribution in [3.05, 3.63) is 60.7 Å². The quantitative estimate of drug-likeness (QED) is 0.451. The number of fused-ring (bicyclic) bond motifs is 4. The molecule has 0 fully saturated rings. The lowest BCUT2D eigenvalue weighted by molar-refractivity contribution is 1.55. The van der Waals surface area contributed by atoms with Crippen molar-refractivity contribution >= 4 is 32.6 Å². The highest BCUT2D eigenvalue weighted by Gasteiger charge is 2.04. The monoisotopic (exact) mass is 216 g/mol. The Kier molecular flexibility index (Phi) is 1.61. The molecule has 0 aliphatic carbocycles. The number of H-pyrrole nitrogens is 1. The minimum absolute atomic E-state index is 1.15. The highest BCUT2D eigenvalue weighted by Crippen LogP contribution is 2.28. The van der Waals surface area contributed by atoms with E-state index in [2.05, 4.69) is 53.5 Å². The van der Waals surface area contributed by atoms with Gasteiger partial charge >= 0.3 is 0 Å². The summed E-state index contributed by atoms with van der Waals surface area (Å²) in [5.74, 6) is 0. The molecule has 0 saturated carbocycles. The molecular weight excluding hydrogens is 206 g/mol. The van der Waals surface area contributed by atoms with Gasteiger partial charge in [-0.2, -0.15) is 0 Å². The van der Waals surface area contributed by atoms with Crippen LogP contribution in [-0.2, 0) is 0 Å². The Morgan fingerprint density at radius 3 is 2.53 bits per heavy atom. The molecule has 1 heterocycles. The molecular formula is C16H10N. The number of hydrogen-bond donors (Lipinski definition) is 1. The number of benzene rings is 3. The van der Waals surface area contributed by atoms with Gasteiger partial charge in [0, 0.05) is 21.8 Å². The molecule has 4 aromatic rings. The minimum Gasteiger partial charge on any atom is -0.354 e. The molecule has 0 aliphatic heterocycles. The lowest BCUT2D eigenvalue weighted by atomic mass is 10.1. The normalized spacial score (nSPS) is 11.5. The van der Waals surface area contributed by atoms with Crippen LogP contribution in [0.5, 0.6) is 0 Å². The van der Waals surface area contributed by atoms with E-state index < -0.39 is 0 Å². The lowest BCUT2D eigenvalue weighted by Crippen LogP contribution is -1.72. The molecule has 0 atom stereocenters. The van der Waals surface area contributed by atoms with Gasteiger partial charge in [0.15, 0.2) is 0 Å². The molecule has 0 bridgehead atoms. The van der Waals surface area contributed by atoms with E-state index >= 15 is 0 Å². The van der Waals surface area contributed by atoms with Crippen LogP contribution in [0.15, 0.2) is 54.6 Å². The number of nitrogens with one attached hydrogen (secondary N) is 1. The van der Waals surface area contributed by atoms with E-state index in [1.807, 2.05) is 12.1 Å². The molecule has 1 aromatic heterocycles. The fourth-order valence-corrected chi connectivity index (χ4v) is 2.46. The van der Waals surface area contributed by atoms with E-state index in [0.29, 0.717) is 0 Å². The van der Waals surface area contributed by atoms with Gasteiger partial charge in [-0.15, -0.1) is 0 Å². The SMILES string of the molecule is [c]1cccc2[nH]c3cc4ccccc4cc3c12. The maximum Gasteiger partial charge on any atom is 0.0471 e. The zero-order valence-corrected chi connectivity index (χ0v) is 9.20. The van der Waals surface area contributed by atoms with Crippen LogP contribution < -0.4 is 0 Å². The molecule has 79 valence electrons. The fourth-order valence-electron chi connectivity index (χ4n) is 2.46. The smallest absolute Gasteiger partial charge is 0.0471 e. The van der Waals surface area contributed by atoms with Crippen molar-refractivity contribution < 1.29 is 0 Å². The fraction of sp³-hybridized carbons (Fsp3) is 0. The highest BCUT2D eigenvalue weighted by molar-refractivity contribution is 6.11. The number of hydrogen-bond acceptors (Lipinski definition) is 0. The second-order valence-electron chi connectivity index (χ2n) is 4.33. The summed E-state index contributed by atoms with van der Waals surface area (Å²) >= 11 is 0. The molecule has 1 nitrogen and oxygen atoms in total. The third-order valence-electron chi connectivity index (χ3n) is 3.28. The molecule has 1 heteroatoms. The summed E-state index contributed by atoms with van der Waals surface area (Å²) in [5, 5.41) is 4.97. The van der Waals surface area contributed by atoms with Gasteiger partial charge in [-0.3, -0.25) is 0 Å². The van der Waals surface area contributed by atoms with Crippen LogP contribution in [0.25, 0.3) is 32.6 Å². The van der Waals surface area contributed by atoms with Crippen molar-refractivity contribution in [2.45, 2.75) is 0 Å². The second kappa shape index (κ2) is 3.11. The first-order chi connectivity index (χ1) is 8.42. The Labute approximate surface area is 98.7 Å². The van der Waals surface area contributed by atoms with Crippen LogP contribution in [-0.4, -0.2) is 4.98 Å². The molecule has 1 radical (unpaired) electrons. The van der Waals surface area contributed by atoms with Crippen molar-refractivity contribution in [2.24, 2.45) is 0 Å². The molecule has 0 spiro atoms. The van der Waals surface area contributed by atoms with Crippen molar-refractivity contribution in [3.63, 3.8) is 0 Å². The maximum absolute atomic E-state index is 3.44. The second-order valence-corrected chi connectivity index (χ2v) is 4.33. The van der Waals surface area contributed by atoms with E-state index in [9.17, 15) is 0 Å². The Hall–Kier alpha value is -2.28. The zero-order valence-electron chi connectivity index (χ0n) is 9.20. The molecule has 17 heavy (non-hydrogen) atoms. The van der Waals surface area contributed by atoms with Gasteiger partial charge in [-0.1, -0.05) is 36.4 Å². The van der Waals surface area contributed by atoms with Gasteiger partial charge in [-0.05, 0) is 35.0 Å². The van der Waals surface area contributed by atoms with Gasteiger partial charge in [0.2, 0.25) is 0 Å². The number of aromatic amines is 1. The molecule has 4 rings (SSSR count). The van der Waals surface area contributed by atoms with Crippen LogP contribution in [0.4, 0.5) is 0 Å². The summed E-state index contributed by atoms with van der Waals surface area (Å²) < 4.78 is 0. The predicted octanol–water partition coefficient (Wildman–Crippen LogP) is 4.27. The van der Waals surface area contributed by atoms with Gasteiger partial charge < -0.3 is 4.98 Å². The van der Waals surface area contributed by atoms with E-state index in [1.165, 1.54) is 27.1 Å². The van der Waals surface area contributed by atoms with E-state index in [-0.39, 0.29) is 0 Å². The van der Waals surface area contributed by atoms with Crippen molar-refractivity contribution in [2.75, 3.05) is 0 Å². The first kappa shape index (κ1) is 8.82. The minimum atomic E-state index is 1.15. The molecule has 1 N–H and O–H groups in total. The Balaban J connectivity index is 2.28. The summed E-state index contributed by atoms with van der Waals surface area (Å²) in [6.45, 7) is 0. The highest BCUT2D eigenvalue weighted by atomic mass is 14.7. The first-order valence-electron chi connectivity index (χ1n) is 5.73. The van der Waals surface area contributed by atoms with Gasteiger partial charge in [0.05, 0.1) is 0 Å². The van der Waals surface area contributed by atoms with Crippen LogP contribution in [0, 0.1) is 6.07 Å². The van der Waals surface area contributed by atoms with Crippen LogP contribution in [0.1, 0.15) is 0 Å². The van der Waals surface area contributed by atoms with Crippen LogP contribution >= 0.6 is 0 Å². The summed E-state index contributed by atoms with van der Waals surface area (Å²) in [4.78, 5) is 3.44. The molecule has 0 amide bonds. The Morgan fingerprint density at radius 2 is 1.65 bits per heavy atom. The first-order valence-corrected chi connectivity index (χ1v) is 5.73. The van der Waals surface area contributed by atoms with Gasteiger partial charge in [0.1, 0.15) is 0 Å². The molecule has 3 aromatic carbocycles. The Bertz CT molecular complexity index is 834. The molecule has 0 unspecified atom stereocenters. The van der Waals surface area contributed by atoms with Gasteiger partial charge in [0.25, 0.3) is 0 Å². The summed E-state index contributed by atoms with van der Waals surface area (Å²) in [5.41, 5.74) is 2.33. The third-order valence-corrected chi connectivity index (χ3v) is 3.28. The average molecular weight is 216 g/mol. The Morgan fingerprint density at radius 1 is 0.824 bits per heavy atom. The van der Waals surface area contributed by atoms with E-state index in [0.717, 1.165) is 5.52 Å². The van der Waals surface area contributed by atoms with Crippen LogP contribution in [0.3, 0.4) is 0 Å². The summed E-state index contributed by atoms with van der Waals surface area (Å²) in [6, 6.07) is 22.3. The predicted molar refractivity (Wildman–Crippen MR) is 72.1 cm³/mol. The lowest BCUT2D eigenvalue weighted by Gasteiger charge is -1.97. The van der Waals surface area contributed by atoms with Crippen molar-refractivity contribution in [1.82, 2.24) is 4.98 Å². The molecule has 0 aliphatic rings. The standard InChI is InChI=1S/C16H10N/c1-2-6-12-10-16-14(9-11(12)5-1)13-7-3-4-8-15(13)17-16/h1-6,8-10,17H. The molecule has 0 saturated heterocycles. The largest absolute Gasteiger partial charge is 0.354 e. The number of aromatic nitrogens is 1. The zero-order chi connectivity index (χ0) is 11.2. The average Bonchev–Trinajstić information content (AvgIpc) is 2.73. The van der Waals surface area contributed by atoms with E-state index in [1.54, 1.807) is 0 Å². The maximum atomic E-state index is 3.44. The topological polar surface area (TPSA) is 15.8 Å². The third kappa shape index (κ3) is 1.19. The summed E-state index contributed by atoms with van der Waals surface area (Å²) in [7, 11) is 0. The van der Waals surface area contributed by atoms with E-state index in [4.69, 9.17) is 0 Å².